The molecule has 2 aromatic heterocycles. The van der Waals surface area contributed by atoms with Gasteiger partial charge in [0, 0.05) is 37.3 Å². The summed E-state index contributed by atoms with van der Waals surface area (Å²) in [5.41, 5.74) is 12.8. The molecule has 0 saturated carbocycles. The van der Waals surface area contributed by atoms with Gasteiger partial charge in [-0.25, -0.2) is 0 Å². The van der Waals surface area contributed by atoms with Crippen LogP contribution in [0.15, 0.2) is 48.9 Å². The molecule has 17 heavy (non-hydrogen) atoms. The lowest BCUT2D eigenvalue weighted by atomic mass is 10.3. The SMILES string of the molecule is NCCc1ccccn1.NCc1cccnc1. The fourth-order valence-corrected chi connectivity index (χ4v) is 1.21. The van der Waals surface area contributed by atoms with Gasteiger partial charge in [-0.15, -0.1) is 0 Å². The average molecular weight is 230 g/mol. The van der Waals surface area contributed by atoms with Crippen molar-refractivity contribution >= 4 is 0 Å². The van der Waals surface area contributed by atoms with Crippen molar-refractivity contribution in [2.24, 2.45) is 11.5 Å². The lowest BCUT2D eigenvalue weighted by Gasteiger charge is -1.92. The number of rotatable bonds is 3. The van der Waals surface area contributed by atoms with Crippen molar-refractivity contribution in [1.29, 1.82) is 0 Å². The molecular formula is C13H18N4. The highest BCUT2D eigenvalue weighted by molar-refractivity contribution is 5.07. The number of hydrogen-bond acceptors (Lipinski definition) is 4. The number of nitrogens with two attached hydrogens (primary N) is 2. The van der Waals surface area contributed by atoms with Crippen LogP contribution in [-0.4, -0.2) is 16.5 Å². The molecule has 0 aromatic carbocycles. The molecule has 4 nitrogen and oxygen atoms in total. The Labute approximate surface area is 102 Å². The minimum absolute atomic E-state index is 0.577. The third kappa shape index (κ3) is 5.75. The van der Waals surface area contributed by atoms with Crippen molar-refractivity contribution < 1.29 is 0 Å². The van der Waals surface area contributed by atoms with Crippen molar-refractivity contribution in [3.63, 3.8) is 0 Å². The van der Waals surface area contributed by atoms with Crippen LogP contribution < -0.4 is 11.5 Å². The van der Waals surface area contributed by atoms with Crippen LogP contribution in [0, 0.1) is 0 Å². The van der Waals surface area contributed by atoms with Crippen LogP contribution in [0.4, 0.5) is 0 Å². The van der Waals surface area contributed by atoms with Gasteiger partial charge in [-0.1, -0.05) is 12.1 Å². The Kier molecular flexibility index (Phi) is 6.55. The summed E-state index contributed by atoms with van der Waals surface area (Å²) < 4.78 is 0. The van der Waals surface area contributed by atoms with Crippen LogP contribution in [-0.2, 0) is 13.0 Å². The predicted molar refractivity (Wildman–Crippen MR) is 69.1 cm³/mol. The number of aromatic nitrogens is 2. The van der Waals surface area contributed by atoms with Gasteiger partial charge in [-0.2, -0.15) is 0 Å². The van der Waals surface area contributed by atoms with Crippen molar-refractivity contribution in [3.8, 4) is 0 Å². The number of hydrogen-bond donors (Lipinski definition) is 2. The van der Waals surface area contributed by atoms with E-state index in [0.29, 0.717) is 13.1 Å². The molecule has 0 atom stereocenters. The summed E-state index contributed by atoms with van der Waals surface area (Å²) in [6, 6.07) is 9.68. The summed E-state index contributed by atoms with van der Waals surface area (Å²) in [7, 11) is 0. The number of nitrogens with zero attached hydrogens (tertiary/aromatic N) is 2. The van der Waals surface area contributed by atoms with E-state index in [1.54, 1.807) is 18.6 Å². The van der Waals surface area contributed by atoms with E-state index in [-0.39, 0.29) is 0 Å². The van der Waals surface area contributed by atoms with E-state index in [1.165, 1.54) is 0 Å². The van der Waals surface area contributed by atoms with E-state index < -0.39 is 0 Å². The Bertz CT molecular complexity index is 389. The summed E-state index contributed by atoms with van der Waals surface area (Å²) >= 11 is 0. The third-order valence-corrected chi connectivity index (χ3v) is 2.09. The Hall–Kier alpha value is -1.78. The molecule has 0 aliphatic heterocycles. The standard InChI is InChI=1S/C7H10N2.C6H8N2/c8-5-4-7-3-1-2-6-9-7;7-4-6-2-1-3-8-5-6/h1-3,6H,4-5,8H2;1-3,5H,4,7H2. The summed E-state index contributed by atoms with van der Waals surface area (Å²) in [5, 5.41) is 0. The second kappa shape index (κ2) is 8.38. The summed E-state index contributed by atoms with van der Waals surface area (Å²) in [6.07, 6.45) is 6.16. The molecule has 0 aliphatic carbocycles. The molecule has 0 aliphatic rings. The minimum atomic E-state index is 0.577. The van der Waals surface area contributed by atoms with Gasteiger partial charge in [0.1, 0.15) is 0 Å². The smallest absolute Gasteiger partial charge is 0.0416 e. The van der Waals surface area contributed by atoms with Crippen LogP contribution in [0.2, 0.25) is 0 Å². The molecular weight excluding hydrogens is 212 g/mol. The summed E-state index contributed by atoms with van der Waals surface area (Å²) in [5.74, 6) is 0. The lowest BCUT2D eigenvalue weighted by molar-refractivity contribution is 0.923. The van der Waals surface area contributed by atoms with Gasteiger partial charge in [0.05, 0.1) is 0 Å². The molecule has 0 fully saturated rings. The summed E-state index contributed by atoms with van der Waals surface area (Å²) in [6.45, 7) is 1.25. The van der Waals surface area contributed by atoms with E-state index in [0.717, 1.165) is 17.7 Å². The van der Waals surface area contributed by atoms with Gasteiger partial charge in [0.25, 0.3) is 0 Å². The van der Waals surface area contributed by atoms with Crippen molar-refractivity contribution in [1.82, 2.24) is 9.97 Å². The van der Waals surface area contributed by atoms with Crippen molar-refractivity contribution in [3.05, 3.63) is 60.2 Å². The quantitative estimate of drug-likeness (QED) is 0.828. The van der Waals surface area contributed by atoms with E-state index in [9.17, 15) is 0 Å². The second-order valence-corrected chi connectivity index (χ2v) is 3.43. The van der Waals surface area contributed by atoms with Crippen LogP contribution in [0.25, 0.3) is 0 Å². The van der Waals surface area contributed by atoms with Crippen LogP contribution in [0.3, 0.4) is 0 Å². The van der Waals surface area contributed by atoms with Crippen molar-refractivity contribution in [2.45, 2.75) is 13.0 Å². The predicted octanol–water partition coefficient (Wildman–Crippen LogP) is 1.12. The first-order valence-corrected chi connectivity index (χ1v) is 5.55. The normalized spacial score (nSPS) is 9.29. The molecule has 2 rings (SSSR count). The fraction of sp³-hybridized carbons (Fsp3) is 0.231. The van der Waals surface area contributed by atoms with Gasteiger partial charge in [0.2, 0.25) is 0 Å². The van der Waals surface area contributed by atoms with Gasteiger partial charge in [-0.05, 0) is 30.3 Å². The van der Waals surface area contributed by atoms with Gasteiger partial charge >= 0.3 is 0 Å². The topological polar surface area (TPSA) is 77.8 Å². The fourth-order valence-electron chi connectivity index (χ4n) is 1.21. The van der Waals surface area contributed by atoms with Gasteiger partial charge in [-0.3, -0.25) is 9.97 Å². The zero-order valence-corrected chi connectivity index (χ0v) is 9.79. The Morgan fingerprint density at radius 1 is 1.00 bits per heavy atom. The zero-order chi connectivity index (χ0) is 12.3. The zero-order valence-electron chi connectivity index (χ0n) is 9.79. The first-order chi connectivity index (χ1) is 8.36. The Balaban J connectivity index is 0.000000171. The first kappa shape index (κ1) is 13.3. The molecule has 2 heterocycles. The molecule has 2 aromatic rings. The van der Waals surface area contributed by atoms with E-state index in [1.807, 2.05) is 30.3 Å². The van der Waals surface area contributed by atoms with Gasteiger partial charge in [0.15, 0.2) is 0 Å². The maximum Gasteiger partial charge on any atom is 0.0416 e. The summed E-state index contributed by atoms with van der Waals surface area (Å²) in [4.78, 5) is 7.96. The first-order valence-electron chi connectivity index (χ1n) is 5.55. The Morgan fingerprint density at radius 2 is 1.88 bits per heavy atom. The molecule has 0 unspecified atom stereocenters. The van der Waals surface area contributed by atoms with Crippen LogP contribution in [0.1, 0.15) is 11.3 Å². The van der Waals surface area contributed by atoms with Crippen molar-refractivity contribution in [2.75, 3.05) is 6.54 Å². The highest BCUT2D eigenvalue weighted by atomic mass is 14.7. The van der Waals surface area contributed by atoms with Crippen LogP contribution in [0.5, 0.6) is 0 Å². The Morgan fingerprint density at radius 3 is 2.35 bits per heavy atom. The highest BCUT2D eigenvalue weighted by Gasteiger charge is 1.86. The van der Waals surface area contributed by atoms with Crippen LogP contribution >= 0.6 is 0 Å². The van der Waals surface area contributed by atoms with E-state index in [2.05, 4.69) is 9.97 Å². The van der Waals surface area contributed by atoms with Gasteiger partial charge < -0.3 is 11.5 Å². The molecule has 0 spiro atoms. The monoisotopic (exact) mass is 230 g/mol. The largest absolute Gasteiger partial charge is 0.330 e. The molecule has 0 radical (unpaired) electrons. The maximum absolute atomic E-state index is 5.32. The average Bonchev–Trinajstić information content (AvgIpc) is 2.42. The lowest BCUT2D eigenvalue weighted by Crippen LogP contribution is -2.03. The van der Waals surface area contributed by atoms with E-state index >= 15 is 0 Å². The van der Waals surface area contributed by atoms with E-state index in [4.69, 9.17) is 11.5 Å². The molecule has 4 heteroatoms. The molecule has 0 bridgehead atoms. The molecule has 90 valence electrons. The molecule has 4 N–H and O–H groups in total. The molecule has 0 amide bonds. The highest BCUT2D eigenvalue weighted by Crippen LogP contribution is 1.91. The number of pyridine rings is 2. The maximum atomic E-state index is 5.32. The minimum Gasteiger partial charge on any atom is -0.330 e. The molecule has 0 saturated heterocycles. The third-order valence-electron chi connectivity index (χ3n) is 2.09. The second-order valence-electron chi connectivity index (χ2n) is 3.43.